The van der Waals surface area contributed by atoms with E-state index in [9.17, 15) is 19.2 Å². The van der Waals surface area contributed by atoms with E-state index in [4.69, 9.17) is 9.84 Å². The number of carbonyl (C=O) groups is 4. The Morgan fingerprint density at radius 3 is 2.19 bits per heavy atom. The normalized spacial score (nSPS) is 12.7. The summed E-state index contributed by atoms with van der Waals surface area (Å²) in [6.45, 7) is 4.33. The second-order valence-electron chi connectivity index (χ2n) is 6.64. The first kappa shape index (κ1) is 22.1. The summed E-state index contributed by atoms with van der Waals surface area (Å²) in [4.78, 5) is 46.9. The molecule has 27 heavy (non-hydrogen) atoms. The molecule has 0 aromatic heterocycles. The van der Waals surface area contributed by atoms with Gasteiger partial charge in [-0.2, -0.15) is 0 Å². The van der Waals surface area contributed by atoms with Crippen molar-refractivity contribution in [2.45, 2.75) is 45.7 Å². The molecule has 8 nitrogen and oxygen atoms in total. The van der Waals surface area contributed by atoms with Crippen LogP contribution in [0.3, 0.4) is 0 Å². The van der Waals surface area contributed by atoms with Crippen molar-refractivity contribution >= 4 is 23.8 Å². The van der Waals surface area contributed by atoms with Crippen LogP contribution in [0, 0.1) is 5.92 Å². The van der Waals surface area contributed by atoms with Gasteiger partial charge in [-0.15, -0.1) is 0 Å². The maximum absolute atomic E-state index is 12.6. The van der Waals surface area contributed by atoms with Gasteiger partial charge in [0.2, 0.25) is 11.8 Å². The van der Waals surface area contributed by atoms with Crippen molar-refractivity contribution in [1.82, 2.24) is 10.6 Å². The van der Waals surface area contributed by atoms with Crippen LogP contribution in [0.5, 0.6) is 0 Å². The van der Waals surface area contributed by atoms with Crippen molar-refractivity contribution in [2.24, 2.45) is 5.92 Å². The van der Waals surface area contributed by atoms with Gasteiger partial charge >= 0.3 is 11.9 Å². The number of benzene rings is 1. The standard InChI is InChI=1S/C19H26N2O6/c1-12(2)9-15(20-13(3)22)18(25)21-16(19(26)27-11-17(23)24)10-14-7-5-4-6-8-14/h4-8,12,15-16H,9-11H2,1-3H3,(H,20,22)(H,21,25)(H,23,24)/t15-,16-/m0/s1. The van der Waals surface area contributed by atoms with Crippen LogP contribution in [0.15, 0.2) is 30.3 Å². The van der Waals surface area contributed by atoms with Crippen LogP contribution in [0.2, 0.25) is 0 Å². The van der Waals surface area contributed by atoms with Crippen molar-refractivity contribution in [3.8, 4) is 0 Å². The molecule has 0 heterocycles. The monoisotopic (exact) mass is 378 g/mol. The Hall–Kier alpha value is -2.90. The molecule has 2 atom stereocenters. The van der Waals surface area contributed by atoms with E-state index < -0.39 is 36.5 Å². The van der Waals surface area contributed by atoms with Crippen molar-refractivity contribution in [1.29, 1.82) is 0 Å². The van der Waals surface area contributed by atoms with Crippen LogP contribution < -0.4 is 10.6 Å². The van der Waals surface area contributed by atoms with Crippen LogP contribution in [0.4, 0.5) is 0 Å². The number of carbonyl (C=O) groups excluding carboxylic acids is 3. The molecule has 0 unspecified atom stereocenters. The summed E-state index contributed by atoms with van der Waals surface area (Å²) in [6, 6.07) is 7.09. The average Bonchev–Trinajstić information content (AvgIpc) is 2.58. The first-order chi connectivity index (χ1) is 12.7. The fraction of sp³-hybridized carbons (Fsp3) is 0.474. The van der Waals surface area contributed by atoms with Crippen LogP contribution in [0.25, 0.3) is 0 Å². The number of carboxylic acids is 1. The number of carboxylic acid groups (broad SMARTS) is 1. The van der Waals surface area contributed by atoms with Gasteiger partial charge in [-0.3, -0.25) is 9.59 Å². The Morgan fingerprint density at radius 2 is 1.67 bits per heavy atom. The minimum atomic E-state index is -1.29. The van der Waals surface area contributed by atoms with Crippen LogP contribution in [0.1, 0.15) is 32.8 Å². The molecule has 0 fully saturated rings. The third-order valence-electron chi connectivity index (χ3n) is 3.62. The Kier molecular flexibility index (Phi) is 8.98. The Morgan fingerprint density at radius 1 is 1.04 bits per heavy atom. The molecule has 0 aliphatic rings. The second kappa shape index (κ2) is 10.9. The molecule has 8 heteroatoms. The lowest BCUT2D eigenvalue weighted by molar-refractivity contribution is -0.157. The zero-order valence-electron chi connectivity index (χ0n) is 15.7. The third kappa shape index (κ3) is 8.84. The molecule has 1 aromatic carbocycles. The largest absolute Gasteiger partial charge is 0.479 e. The quantitative estimate of drug-likeness (QED) is 0.520. The lowest BCUT2D eigenvalue weighted by Crippen LogP contribution is -2.52. The number of hydrogen-bond donors (Lipinski definition) is 3. The van der Waals surface area contributed by atoms with Crippen molar-refractivity contribution < 1.29 is 29.0 Å². The fourth-order valence-electron chi connectivity index (χ4n) is 2.50. The number of hydrogen-bond acceptors (Lipinski definition) is 5. The number of nitrogens with one attached hydrogen (secondary N) is 2. The highest BCUT2D eigenvalue weighted by Crippen LogP contribution is 2.08. The molecule has 0 spiro atoms. The van der Waals surface area contributed by atoms with E-state index in [-0.39, 0.29) is 18.2 Å². The summed E-state index contributed by atoms with van der Waals surface area (Å²) in [5, 5.41) is 13.8. The zero-order chi connectivity index (χ0) is 20.4. The van der Waals surface area contributed by atoms with E-state index in [1.807, 2.05) is 19.9 Å². The van der Waals surface area contributed by atoms with Crippen LogP contribution in [-0.4, -0.2) is 47.6 Å². The van der Waals surface area contributed by atoms with Crippen molar-refractivity contribution in [3.05, 3.63) is 35.9 Å². The first-order valence-electron chi connectivity index (χ1n) is 8.68. The maximum atomic E-state index is 12.6. The molecule has 0 saturated heterocycles. The van der Waals surface area contributed by atoms with Crippen molar-refractivity contribution in [2.75, 3.05) is 6.61 Å². The molecular weight excluding hydrogens is 352 g/mol. The number of aliphatic carboxylic acids is 1. The maximum Gasteiger partial charge on any atom is 0.341 e. The number of esters is 1. The predicted octanol–water partition coefficient (Wildman–Crippen LogP) is 0.893. The van der Waals surface area contributed by atoms with E-state index in [1.165, 1.54) is 6.92 Å². The fourth-order valence-corrected chi connectivity index (χ4v) is 2.50. The Balaban J connectivity index is 2.91. The van der Waals surface area contributed by atoms with Gasteiger partial charge in [0.25, 0.3) is 0 Å². The van der Waals surface area contributed by atoms with E-state index in [2.05, 4.69) is 10.6 Å². The highest BCUT2D eigenvalue weighted by Gasteiger charge is 2.28. The third-order valence-corrected chi connectivity index (χ3v) is 3.62. The minimum Gasteiger partial charge on any atom is -0.479 e. The smallest absolute Gasteiger partial charge is 0.341 e. The zero-order valence-corrected chi connectivity index (χ0v) is 15.7. The van der Waals surface area contributed by atoms with Gasteiger partial charge in [0.1, 0.15) is 12.1 Å². The summed E-state index contributed by atoms with van der Waals surface area (Å²) < 4.78 is 4.74. The number of amides is 2. The van der Waals surface area contributed by atoms with Gasteiger partial charge in [0, 0.05) is 13.3 Å². The summed E-state index contributed by atoms with van der Waals surface area (Å²) in [6.07, 6.45) is 0.535. The van der Waals surface area contributed by atoms with E-state index in [1.54, 1.807) is 24.3 Å². The van der Waals surface area contributed by atoms with Crippen LogP contribution >= 0.6 is 0 Å². The highest BCUT2D eigenvalue weighted by molar-refractivity contribution is 5.90. The lowest BCUT2D eigenvalue weighted by Gasteiger charge is -2.23. The SMILES string of the molecule is CC(=O)N[C@@H](CC(C)C)C(=O)N[C@@H](Cc1ccccc1)C(=O)OCC(=O)O. The lowest BCUT2D eigenvalue weighted by atomic mass is 10.0. The average molecular weight is 378 g/mol. The van der Waals surface area contributed by atoms with Gasteiger partial charge in [-0.1, -0.05) is 44.2 Å². The molecule has 0 saturated carbocycles. The predicted molar refractivity (Wildman–Crippen MR) is 97.7 cm³/mol. The molecule has 3 N–H and O–H groups in total. The topological polar surface area (TPSA) is 122 Å². The molecular formula is C19H26N2O6. The molecule has 0 radical (unpaired) electrons. The summed E-state index contributed by atoms with van der Waals surface area (Å²) >= 11 is 0. The van der Waals surface area contributed by atoms with Crippen molar-refractivity contribution in [3.63, 3.8) is 0 Å². The first-order valence-corrected chi connectivity index (χ1v) is 8.68. The van der Waals surface area contributed by atoms with E-state index in [0.717, 1.165) is 5.56 Å². The van der Waals surface area contributed by atoms with E-state index in [0.29, 0.717) is 6.42 Å². The van der Waals surface area contributed by atoms with Gasteiger partial charge in [0.05, 0.1) is 0 Å². The number of ether oxygens (including phenoxy) is 1. The van der Waals surface area contributed by atoms with Crippen LogP contribution in [-0.2, 0) is 30.3 Å². The van der Waals surface area contributed by atoms with Gasteiger partial charge in [-0.05, 0) is 17.9 Å². The van der Waals surface area contributed by atoms with E-state index >= 15 is 0 Å². The summed E-state index contributed by atoms with van der Waals surface area (Å²) in [7, 11) is 0. The Labute approximate surface area is 158 Å². The van der Waals surface area contributed by atoms with Gasteiger partial charge < -0.3 is 20.5 Å². The molecule has 2 amide bonds. The molecule has 0 bridgehead atoms. The van der Waals surface area contributed by atoms with Gasteiger partial charge in [-0.25, -0.2) is 9.59 Å². The Bertz CT molecular complexity index is 659. The molecule has 148 valence electrons. The second-order valence-corrected chi connectivity index (χ2v) is 6.64. The summed E-state index contributed by atoms with van der Waals surface area (Å²) in [5.41, 5.74) is 0.773. The molecule has 1 aromatic rings. The number of rotatable bonds is 10. The molecule has 1 rings (SSSR count). The molecule has 0 aliphatic heterocycles. The summed E-state index contributed by atoms with van der Waals surface area (Å²) in [5.74, 6) is -2.88. The highest BCUT2D eigenvalue weighted by atomic mass is 16.6. The molecule has 0 aliphatic carbocycles. The van der Waals surface area contributed by atoms with Gasteiger partial charge in [0.15, 0.2) is 6.61 Å². The minimum absolute atomic E-state index is 0.138.